The number of hydrogen-bond donors (Lipinski definition) is 0. The van der Waals surface area contributed by atoms with Gasteiger partial charge in [0.2, 0.25) is 0 Å². The first-order valence-corrected chi connectivity index (χ1v) is 9.21. The van der Waals surface area contributed by atoms with Crippen molar-refractivity contribution in [1.29, 1.82) is 0 Å². The van der Waals surface area contributed by atoms with E-state index in [2.05, 4.69) is 6.92 Å². The molecule has 2 rings (SSSR count). The predicted octanol–water partition coefficient (Wildman–Crippen LogP) is 6.46. The van der Waals surface area contributed by atoms with Crippen molar-refractivity contribution in [2.24, 2.45) is 0 Å². The molecule has 0 saturated carbocycles. The van der Waals surface area contributed by atoms with Gasteiger partial charge >= 0.3 is 0 Å². The Morgan fingerprint density at radius 3 is 2.52 bits per heavy atom. The summed E-state index contributed by atoms with van der Waals surface area (Å²) in [6.45, 7) is 3.51. The summed E-state index contributed by atoms with van der Waals surface area (Å²) in [6, 6.07) is 9.94. The lowest BCUT2D eigenvalue weighted by atomic mass is 10.1. The van der Waals surface area contributed by atoms with E-state index in [0.717, 1.165) is 66.9 Å². The average Bonchev–Trinajstić information content (AvgIpc) is 2.58. The van der Waals surface area contributed by atoms with Crippen LogP contribution < -0.4 is 9.47 Å². The summed E-state index contributed by atoms with van der Waals surface area (Å²) in [5.74, 6) is 2.36. The molecule has 0 aliphatic heterocycles. The van der Waals surface area contributed by atoms with E-state index < -0.39 is 0 Å². The molecule has 0 spiro atoms. The number of fused-ring (bicyclic) bond motifs is 1. The monoisotopic (exact) mass is 354 g/mol. The van der Waals surface area contributed by atoms with Gasteiger partial charge < -0.3 is 9.47 Å². The van der Waals surface area contributed by atoms with Crippen LogP contribution in [0.1, 0.15) is 39.0 Å². The molecule has 0 saturated heterocycles. The molecule has 0 aliphatic rings. The van der Waals surface area contributed by atoms with Gasteiger partial charge in [0, 0.05) is 11.3 Å². The average molecular weight is 355 g/mol. The molecule has 2 aromatic rings. The zero-order valence-electron chi connectivity index (χ0n) is 13.6. The highest BCUT2D eigenvalue weighted by molar-refractivity contribution is 6.37. The van der Waals surface area contributed by atoms with Gasteiger partial charge in [-0.15, -0.1) is 11.6 Å². The van der Waals surface area contributed by atoms with E-state index >= 15 is 0 Å². The van der Waals surface area contributed by atoms with Crippen molar-refractivity contribution in [3.8, 4) is 11.5 Å². The Morgan fingerprint density at radius 1 is 0.913 bits per heavy atom. The quantitative estimate of drug-likeness (QED) is 0.360. The number of unbranched alkanes of at least 4 members (excludes halogenated alkanes) is 3. The van der Waals surface area contributed by atoms with Gasteiger partial charge in [0.05, 0.1) is 18.2 Å². The van der Waals surface area contributed by atoms with Crippen LogP contribution in [0, 0.1) is 0 Å². The maximum atomic E-state index is 6.48. The summed E-state index contributed by atoms with van der Waals surface area (Å²) < 4.78 is 11.5. The first-order chi connectivity index (χ1) is 11.3. The van der Waals surface area contributed by atoms with Crippen molar-refractivity contribution in [3.63, 3.8) is 0 Å². The van der Waals surface area contributed by atoms with Gasteiger partial charge in [-0.05, 0) is 48.9 Å². The van der Waals surface area contributed by atoms with Crippen molar-refractivity contribution in [2.45, 2.75) is 39.0 Å². The van der Waals surface area contributed by atoms with Crippen LogP contribution in [0.2, 0.25) is 5.02 Å². The van der Waals surface area contributed by atoms with Crippen LogP contribution in [0.5, 0.6) is 11.5 Å². The molecular formula is C19H24Cl2O2. The fourth-order valence-electron chi connectivity index (χ4n) is 2.40. The van der Waals surface area contributed by atoms with Crippen molar-refractivity contribution in [1.82, 2.24) is 0 Å². The van der Waals surface area contributed by atoms with Crippen LogP contribution >= 0.6 is 23.2 Å². The van der Waals surface area contributed by atoms with Gasteiger partial charge in [-0.3, -0.25) is 0 Å². The molecule has 2 nitrogen and oxygen atoms in total. The Labute approximate surface area is 148 Å². The molecule has 0 amide bonds. The van der Waals surface area contributed by atoms with Crippen molar-refractivity contribution in [2.75, 3.05) is 19.1 Å². The highest BCUT2D eigenvalue weighted by Crippen LogP contribution is 2.34. The van der Waals surface area contributed by atoms with Crippen molar-refractivity contribution >= 4 is 34.0 Å². The minimum atomic E-state index is 0.672. The topological polar surface area (TPSA) is 18.5 Å². The van der Waals surface area contributed by atoms with Gasteiger partial charge in [0.15, 0.2) is 0 Å². The number of hydrogen-bond acceptors (Lipinski definition) is 2. The van der Waals surface area contributed by atoms with Gasteiger partial charge in [0.25, 0.3) is 0 Å². The molecular weight excluding hydrogens is 331 g/mol. The van der Waals surface area contributed by atoms with E-state index in [9.17, 15) is 0 Å². The number of halogens is 2. The first kappa shape index (κ1) is 18.2. The Hall–Kier alpha value is -1.12. The summed E-state index contributed by atoms with van der Waals surface area (Å²) in [5.41, 5.74) is 0. The normalized spacial score (nSPS) is 10.9. The van der Waals surface area contributed by atoms with Crippen LogP contribution in [0.3, 0.4) is 0 Å². The molecule has 23 heavy (non-hydrogen) atoms. The predicted molar refractivity (Wildman–Crippen MR) is 99.4 cm³/mol. The van der Waals surface area contributed by atoms with Crippen LogP contribution in [0.15, 0.2) is 30.3 Å². The number of benzene rings is 2. The molecule has 0 bridgehead atoms. The highest BCUT2D eigenvalue weighted by atomic mass is 35.5. The Morgan fingerprint density at radius 2 is 1.74 bits per heavy atom. The smallest absolute Gasteiger partial charge is 0.138 e. The van der Waals surface area contributed by atoms with Gasteiger partial charge in [-0.1, -0.05) is 37.4 Å². The molecule has 0 unspecified atom stereocenters. The third-order valence-electron chi connectivity index (χ3n) is 3.65. The van der Waals surface area contributed by atoms with Crippen LogP contribution in [-0.2, 0) is 0 Å². The molecule has 2 aromatic carbocycles. The van der Waals surface area contributed by atoms with Crippen molar-refractivity contribution in [3.05, 3.63) is 35.4 Å². The van der Waals surface area contributed by atoms with E-state index in [4.69, 9.17) is 32.7 Å². The minimum absolute atomic E-state index is 0.672. The van der Waals surface area contributed by atoms with E-state index in [1.165, 1.54) is 0 Å². The second-order valence-electron chi connectivity index (χ2n) is 5.56. The molecule has 0 aliphatic carbocycles. The summed E-state index contributed by atoms with van der Waals surface area (Å²) in [6.07, 6.45) is 5.38. The standard InChI is InChI=1S/C19H24Cl2O2/c1-2-12-22-16-8-9-17-15(14-16)7-10-18(19(17)21)23-13-6-4-3-5-11-20/h7-10,14H,2-6,11-13H2,1H3. The Balaban J connectivity index is 1.98. The molecule has 126 valence electrons. The second-order valence-corrected chi connectivity index (χ2v) is 6.32. The molecule has 0 fully saturated rings. The summed E-state index contributed by atoms with van der Waals surface area (Å²) in [5, 5.41) is 2.73. The molecule has 4 heteroatoms. The Kier molecular flexibility index (Phi) is 7.84. The Bertz CT molecular complexity index is 614. The van der Waals surface area contributed by atoms with E-state index in [-0.39, 0.29) is 0 Å². The number of alkyl halides is 1. The van der Waals surface area contributed by atoms with Gasteiger partial charge in [0.1, 0.15) is 11.5 Å². The van der Waals surface area contributed by atoms with E-state index in [0.29, 0.717) is 11.6 Å². The first-order valence-electron chi connectivity index (χ1n) is 8.30. The van der Waals surface area contributed by atoms with Crippen molar-refractivity contribution < 1.29 is 9.47 Å². The van der Waals surface area contributed by atoms with Crippen LogP contribution in [0.25, 0.3) is 10.8 Å². The SMILES string of the molecule is CCCOc1ccc2c(Cl)c(OCCCCCCCl)ccc2c1. The fraction of sp³-hybridized carbons (Fsp3) is 0.474. The largest absolute Gasteiger partial charge is 0.494 e. The summed E-state index contributed by atoms with van der Waals surface area (Å²) in [7, 11) is 0. The summed E-state index contributed by atoms with van der Waals surface area (Å²) >= 11 is 12.1. The third kappa shape index (κ3) is 5.47. The number of rotatable bonds is 10. The lowest BCUT2D eigenvalue weighted by Gasteiger charge is -2.11. The lowest BCUT2D eigenvalue weighted by molar-refractivity contribution is 0.305. The minimum Gasteiger partial charge on any atom is -0.494 e. The van der Waals surface area contributed by atoms with E-state index in [1.807, 2.05) is 30.3 Å². The van der Waals surface area contributed by atoms with Crippen LogP contribution in [-0.4, -0.2) is 19.1 Å². The summed E-state index contributed by atoms with van der Waals surface area (Å²) in [4.78, 5) is 0. The third-order valence-corrected chi connectivity index (χ3v) is 4.31. The van der Waals surface area contributed by atoms with Gasteiger partial charge in [-0.2, -0.15) is 0 Å². The van der Waals surface area contributed by atoms with Gasteiger partial charge in [-0.25, -0.2) is 0 Å². The zero-order valence-corrected chi connectivity index (χ0v) is 15.1. The van der Waals surface area contributed by atoms with Crippen LogP contribution in [0.4, 0.5) is 0 Å². The molecule has 0 N–H and O–H groups in total. The molecule has 0 aromatic heterocycles. The molecule has 0 heterocycles. The lowest BCUT2D eigenvalue weighted by Crippen LogP contribution is -1.98. The second kappa shape index (κ2) is 9.89. The molecule has 0 atom stereocenters. The maximum Gasteiger partial charge on any atom is 0.138 e. The maximum absolute atomic E-state index is 6.48. The highest BCUT2D eigenvalue weighted by Gasteiger charge is 2.08. The molecule has 0 radical (unpaired) electrons. The van der Waals surface area contributed by atoms with E-state index in [1.54, 1.807) is 0 Å². The number of ether oxygens (including phenoxy) is 2. The fourth-order valence-corrected chi connectivity index (χ4v) is 2.88. The zero-order chi connectivity index (χ0) is 16.5.